The molecular weight excluding hydrogens is 371 g/mol. The van der Waals surface area contributed by atoms with Crippen molar-refractivity contribution in [3.8, 4) is 0 Å². The summed E-state index contributed by atoms with van der Waals surface area (Å²) in [6.07, 6.45) is 4.63. The highest BCUT2D eigenvalue weighted by atomic mass is 35.5. The third-order valence-electron chi connectivity index (χ3n) is 4.83. The fraction of sp³-hybridized carbons (Fsp3) is 0.400. The monoisotopic (exact) mass is 392 g/mol. The van der Waals surface area contributed by atoms with E-state index < -0.39 is 6.10 Å². The summed E-state index contributed by atoms with van der Waals surface area (Å²) in [5, 5.41) is 11.6. The van der Waals surface area contributed by atoms with Crippen LogP contribution < -0.4 is 0 Å². The number of halogens is 2. The Hall–Kier alpha value is -1.62. The Bertz CT molecular complexity index is 783. The molecule has 0 saturated carbocycles. The van der Waals surface area contributed by atoms with Crippen LogP contribution in [-0.2, 0) is 17.6 Å². The molecule has 0 spiro atoms. The van der Waals surface area contributed by atoms with Crippen molar-refractivity contribution < 1.29 is 9.90 Å². The van der Waals surface area contributed by atoms with Gasteiger partial charge in [0, 0.05) is 30.4 Å². The quantitative estimate of drug-likeness (QED) is 0.805. The number of nitrogens with zero attached hydrogens (tertiary/aromatic N) is 2. The van der Waals surface area contributed by atoms with Crippen LogP contribution in [0.25, 0.3) is 0 Å². The second-order valence-corrected chi connectivity index (χ2v) is 7.48. The summed E-state index contributed by atoms with van der Waals surface area (Å²) in [7, 11) is 0. The molecule has 3 rings (SSSR count). The van der Waals surface area contributed by atoms with Crippen LogP contribution in [0, 0.1) is 5.92 Å². The second-order valence-electron chi connectivity index (χ2n) is 6.69. The number of aromatic nitrogens is 1. The zero-order valence-electron chi connectivity index (χ0n) is 14.7. The molecule has 6 heteroatoms. The van der Waals surface area contributed by atoms with E-state index in [2.05, 4.69) is 4.98 Å². The molecule has 1 aromatic carbocycles. The summed E-state index contributed by atoms with van der Waals surface area (Å²) in [5.41, 5.74) is 2.77. The maximum absolute atomic E-state index is 13.1. The van der Waals surface area contributed by atoms with Crippen LogP contribution in [0.5, 0.6) is 0 Å². The molecule has 0 bridgehead atoms. The van der Waals surface area contributed by atoms with Crippen molar-refractivity contribution in [3.05, 3.63) is 63.4 Å². The van der Waals surface area contributed by atoms with Gasteiger partial charge in [-0.25, -0.2) is 0 Å². The smallest absolute Gasteiger partial charge is 0.226 e. The molecule has 1 aliphatic carbocycles. The molecule has 0 fully saturated rings. The zero-order chi connectivity index (χ0) is 18.7. The highest BCUT2D eigenvalue weighted by molar-refractivity contribution is 6.42. The predicted molar refractivity (Wildman–Crippen MR) is 103 cm³/mol. The van der Waals surface area contributed by atoms with Gasteiger partial charge < -0.3 is 10.0 Å². The normalized spacial score (nSPS) is 17.0. The molecule has 0 aliphatic heterocycles. The van der Waals surface area contributed by atoms with E-state index in [1.807, 2.05) is 19.1 Å². The number of aliphatic hydroxyl groups is 1. The van der Waals surface area contributed by atoms with Gasteiger partial charge in [-0.15, -0.1) is 0 Å². The average Bonchev–Trinajstić information content (AvgIpc) is 3.09. The fourth-order valence-electron chi connectivity index (χ4n) is 3.51. The number of pyridine rings is 1. The lowest BCUT2D eigenvalue weighted by molar-refractivity contribution is -0.136. The van der Waals surface area contributed by atoms with Crippen molar-refractivity contribution in [2.75, 3.05) is 13.1 Å². The van der Waals surface area contributed by atoms with Gasteiger partial charge in [0.2, 0.25) is 5.91 Å². The van der Waals surface area contributed by atoms with Crippen molar-refractivity contribution in [1.82, 2.24) is 9.88 Å². The molecule has 26 heavy (non-hydrogen) atoms. The minimum atomic E-state index is -0.749. The highest BCUT2D eigenvalue weighted by Gasteiger charge is 2.33. The maximum Gasteiger partial charge on any atom is 0.226 e. The Labute approximate surface area is 163 Å². The van der Waals surface area contributed by atoms with Crippen molar-refractivity contribution in [1.29, 1.82) is 0 Å². The van der Waals surface area contributed by atoms with Crippen molar-refractivity contribution in [3.63, 3.8) is 0 Å². The van der Waals surface area contributed by atoms with Crippen LogP contribution >= 0.6 is 23.2 Å². The molecule has 1 aliphatic rings. The predicted octanol–water partition coefficient (Wildman–Crippen LogP) is 4.08. The fourth-order valence-corrected chi connectivity index (χ4v) is 3.95. The Morgan fingerprint density at radius 1 is 1.35 bits per heavy atom. The molecule has 1 N–H and O–H groups in total. The number of amides is 1. The average molecular weight is 393 g/mol. The van der Waals surface area contributed by atoms with Gasteiger partial charge in [-0.1, -0.05) is 42.3 Å². The van der Waals surface area contributed by atoms with Crippen LogP contribution in [0.4, 0.5) is 0 Å². The van der Waals surface area contributed by atoms with Crippen molar-refractivity contribution in [2.24, 2.45) is 5.92 Å². The van der Waals surface area contributed by atoms with Gasteiger partial charge in [-0.2, -0.15) is 0 Å². The number of hydrogen-bond acceptors (Lipinski definition) is 3. The Morgan fingerprint density at radius 2 is 2.15 bits per heavy atom. The molecule has 2 atom stereocenters. The van der Waals surface area contributed by atoms with Gasteiger partial charge >= 0.3 is 0 Å². The number of benzene rings is 1. The SMILES string of the molecule is CCCN(C[C@@H](O)c1cccnc1)C(=O)C1Cc2ccc(Cl)c(Cl)c2C1. The summed E-state index contributed by atoms with van der Waals surface area (Å²) < 4.78 is 0. The number of carbonyl (C=O) groups excluding carboxylic acids is 1. The first-order chi connectivity index (χ1) is 12.5. The van der Waals surface area contributed by atoms with Gasteiger partial charge in [0.1, 0.15) is 0 Å². The molecule has 4 nitrogen and oxygen atoms in total. The molecule has 1 heterocycles. The first-order valence-electron chi connectivity index (χ1n) is 8.83. The summed E-state index contributed by atoms with van der Waals surface area (Å²) in [5.74, 6) is -0.105. The number of rotatable bonds is 6. The van der Waals surface area contributed by atoms with E-state index in [1.165, 1.54) is 0 Å². The van der Waals surface area contributed by atoms with E-state index in [0.717, 1.165) is 17.5 Å². The molecule has 1 unspecified atom stereocenters. The third-order valence-corrected chi connectivity index (χ3v) is 5.67. The second kappa shape index (κ2) is 8.38. The molecule has 138 valence electrons. The van der Waals surface area contributed by atoms with Crippen LogP contribution in [0.1, 0.15) is 36.1 Å². The van der Waals surface area contributed by atoms with Crippen LogP contribution in [0.15, 0.2) is 36.7 Å². The lowest BCUT2D eigenvalue weighted by Crippen LogP contribution is -2.39. The van der Waals surface area contributed by atoms with E-state index in [4.69, 9.17) is 23.2 Å². The van der Waals surface area contributed by atoms with E-state index >= 15 is 0 Å². The molecule has 1 aromatic heterocycles. The molecule has 0 radical (unpaired) electrons. The van der Waals surface area contributed by atoms with Gasteiger partial charge in [0.15, 0.2) is 0 Å². The van der Waals surface area contributed by atoms with Crippen LogP contribution in [-0.4, -0.2) is 34.0 Å². The highest BCUT2D eigenvalue weighted by Crippen LogP contribution is 2.37. The lowest BCUT2D eigenvalue weighted by Gasteiger charge is -2.27. The van der Waals surface area contributed by atoms with Gasteiger partial charge in [-0.3, -0.25) is 9.78 Å². The third kappa shape index (κ3) is 4.03. The van der Waals surface area contributed by atoms with Crippen LogP contribution in [0.2, 0.25) is 10.0 Å². The minimum absolute atomic E-state index is 0.0539. The summed E-state index contributed by atoms with van der Waals surface area (Å²) in [6, 6.07) is 7.33. The first-order valence-corrected chi connectivity index (χ1v) is 9.59. The standard InChI is InChI=1S/C20H22Cl2N2O2/c1-2-8-24(12-18(25)14-4-3-7-23-11-14)20(26)15-9-13-5-6-17(21)19(22)16(13)10-15/h3-7,11,15,18,25H,2,8-10,12H2,1H3/t15?,18-/m1/s1. The maximum atomic E-state index is 13.1. The van der Waals surface area contributed by atoms with E-state index in [9.17, 15) is 9.90 Å². The topological polar surface area (TPSA) is 53.4 Å². The summed E-state index contributed by atoms with van der Waals surface area (Å²) in [6.45, 7) is 2.90. The van der Waals surface area contributed by atoms with E-state index in [0.29, 0.717) is 35.0 Å². The molecule has 1 amide bonds. The molecular formula is C20H22Cl2N2O2. The van der Waals surface area contributed by atoms with Crippen molar-refractivity contribution >= 4 is 29.1 Å². The number of aliphatic hydroxyl groups excluding tert-OH is 1. The Balaban J connectivity index is 1.73. The lowest BCUT2D eigenvalue weighted by atomic mass is 10.0. The van der Waals surface area contributed by atoms with Gasteiger partial charge in [-0.05, 0) is 42.5 Å². The van der Waals surface area contributed by atoms with Gasteiger partial charge in [0.05, 0.1) is 22.7 Å². The Kier molecular flexibility index (Phi) is 6.17. The van der Waals surface area contributed by atoms with Gasteiger partial charge in [0.25, 0.3) is 0 Å². The Morgan fingerprint density at radius 3 is 2.85 bits per heavy atom. The van der Waals surface area contributed by atoms with Crippen molar-refractivity contribution in [2.45, 2.75) is 32.3 Å². The largest absolute Gasteiger partial charge is 0.386 e. The first kappa shape index (κ1) is 19.2. The van der Waals surface area contributed by atoms with Crippen LogP contribution in [0.3, 0.4) is 0 Å². The number of carbonyl (C=O) groups is 1. The van der Waals surface area contributed by atoms with E-state index in [1.54, 1.807) is 29.4 Å². The van der Waals surface area contributed by atoms with E-state index in [-0.39, 0.29) is 18.4 Å². The molecule has 2 aromatic rings. The summed E-state index contributed by atoms with van der Waals surface area (Å²) in [4.78, 5) is 18.9. The minimum Gasteiger partial charge on any atom is -0.386 e. The molecule has 0 saturated heterocycles. The number of hydrogen-bond donors (Lipinski definition) is 1. The number of fused-ring (bicyclic) bond motifs is 1. The zero-order valence-corrected chi connectivity index (χ0v) is 16.2. The summed E-state index contributed by atoms with van der Waals surface area (Å²) >= 11 is 12.4.